The lowest BCUT2D eigenvalue weighted by atomic mass is 9.83. The second-order valence-electron chi connectivity index (χ2n) is 4.64. The number of aromatic nitrogens is 1. The van der Waals surface area contributed by atoms with Crippen molar-refractivity contribution in [3.63, 3.8) is 0 Å². The van der Waals surface area contributed by atoms with Gasteiger partial charge < -0.3 is 5.73 Å². The van der Waals surface area contributed by atoms with Crippen molar-refractivity contribution >= 4 is 5.91 Å². The molecule has 0 radical (unpaired) electrons. The van der Waals surface area contributed by atoms with E-state index < -0.39 is 5.91 Å². The number of nitrogens with zero attached hydrogens (tertiary/aromatic N) is 1. The van der Waals surface area contributed by atoms with Gasteiger partial charge in [0.1, 0.15) is 0 Å². The molecule has 3 heteroatoms. The van der Waals surface area contributed by atoms with Crippen molar-refractivity contribution in [1.82, 2.24) is 4.98 Å². The van der Waals surface area contributed by atoms with Gasteiger partial charge in [-0.05, 0) is 36.5 Å². The van der Waals surface area contributed by atoms with E-state index in [1.54, 1.807) is 0 Å². The molecule has 0 aliphatic heterocycles. The van der Waals surface area contributed by atoms with E-state index in [1.165, 1.54) is 5.56 Å². The number of fused-ring (bicyclic) bond motifs is 3. The van der Waals surface area contributed by atoms with Crippen LogP contribution in [0.25, 0.3) is 11.1 Å². The van der Waals surface area contributed by atoms with Crippen LogP contribution in [-0.2, 0) is 12.8 Å². The van der Waals surface area contributed by atoms with E-state index in [4.69, 9.17) is 5.73 Å². The molecule has 1 aromatic heterocycles. The highest BCUT2D eigenvalue weighted by Gasteiger charge is 2.23. The molecule has 2 aromatic rings. The SMILES string of the molecule is Cc1ncc2c(c1C(N)=O)-c1ccccc1CC2. The van der Waals surface area contributed by atoms with Gasteiger partial charge in [0.2, 0.25) is 0 Å². The number of aryl methyl sites for hydroxylation is 3. The standard InChI is InChI=1S/C15H14N2O/c1-9-13(15(16)18)14-11(8-17-9)7-6-10-4-2-3-5-12(10)14/h2-5,8H,6-7H2,1H3,(H2,16,18). The second kappa shape index (κ2) is 3.95. The van der Waals surface area contributed by atoms with Crippen LogP contribution in [0.5, 0.6) is 0 Å². The Morgan fingerprint density at radius 3 is 2.72 bits per heavy atom. The van der Waals surface area contributed by atoms with E-state index in [0.717, 1.165) is 29.5 Å². The van der Waals surface area contributed by atoms with Gasteiger partial charge in [-0.25, -0.2) is 0 Å². The maximum atomic E-state index is 11.7. The Morgan fingerprint density at radius 2 is 1.94 bits per heavy atom. The summed E-state index contributed by atoms with van der Waals surface area (Å²) >= 11 is 0. The summed E-state index contributed by atoms with van der Waals surface area (Å²) < 4.78 is 0. The van der Waals surface area contributed by atoms with Crippen LogP contribution in [0.15, 0.2) is 30.5 Å². The first kappa shape index (κ1) is 11.0. The normalized spacial score (nSPS) is 12.7. The summed E-state index contributed by atoms with van der Waals surface area (Å²) in [5.41, 5.74) is 11.3. The lowest BCUT2D eigenvalue weighted by Gasteiger charge is -2.22. The third-order valence-electron chi connectivity index (χ3n) is 3.54. The molecule has 90 valence electrons. The van der Waals surface area contributed by atoms with Gasteiger partial charge in [-0.2, -0.15) is 0 Å². The van der Waals surface area contributed by atoms with Gasteiger partial charge in [0.15, 0.2) is 0 Å². The number of primary amides is 1. The molecule has 3 nitrogen and oxygen atoms in total. The molecule has 0 saturated heterocycles. The van der Waals surface area contributed by atoms with Gasteiger partial charge in [0.25, 0.3) is 5.91 Å². The Labute approximate surface area is 106 Å². The summed E-state index contributed by atoms with van der Waals surface area (Å²) in [6.45, 7) is 1.83. The molecular formula is C15H14N2O. The minimum atomic E-state index is -0.395. The van der Waals surface area contributed by atoms with Gasteiger partial charge >= 0.3 is 0 Å². The summed E-state index contributed by atoms with van der Waals surface area (Å²) in [6.07, 6.45) is 3.78. The smallest absolute Gasteiger partial charge is 0.251 e. The van der Waals surface area contributed by atoms with E-state index in [2.05, 4.69) is 17.1 Å². The molecular weight excluding hydrogens is 224 g/mol. The van der Waals surface area contributed by atoms with E-state index in [0.29, 0.717) is 11.3 Å². The summed E-state index contributed by atoms with van der Waals surface area (Å²) in [6, 6.07) is 8.19. The molecule has 0 saturated carbocycles. The number of nitrogens with two attached hydrogens (primary N) is 1. The van der Waals surface area contributed by atoms with Crippen LogP contribution >= 0.6 is 0 Å². The summed E-state index contributed by atoms with van der Waals surface area (Å²) in [5, 5.41) is 0. The lowest BCUT2D eigenvalue weighted by molar-refractivity contribution is 0.1000. The van der Waals surface area contributed by atoms with Crippen molar-refractivity contribution in [2.45, 2.75) is 19.8 Å². The van der Waals surface area contributed by atoms with Crippen LogP contribution < -0.4 is 5.73 Å². The zero-order valence-electron chi connectivity index (χ0n) is 10.2. The van der Waals surface area contributed by atoms with Crippen LogP contribution in [0.3, 0.4) is 0 Å². The number of benzene rings is 1. The van der Waals surface area contributed by atoms with Crippen molar-refractivity contribution in [2.75, 3.05) is 0 Å². The van der Waals surface area contributed by atoms with Crippen molar-refractivity contribution < 1.29 is 4.79 Å². The van der Waals surface area contributed by atoms with Gasteiger partial charge in [0.05, 0.1) is 11.3 Å². The fraction of sp³-hybridized carbons (Fsp3) is 0.200. The van der Waals surface area contributed by atoms with Gasteiger partial charge in [0, 0.05) is 11.8 Å². The molecule has 1 amide bonds. The Morgan fingerprint density at radius 1 is 1.22 bits per heavy atom. The minimum absolute atomic E-state index is 0.395. The van der Waals surface area contributed by atoms with Gasteiger partial charge in [-0.1, -0.05) is 24.3 Å². The zero-order valence-corrected chi connectivity index (χ0v) is 10.2. The second-order valence-corrected chi connectivity index (χ2v) is 4.64. The molecule has 0 unspecified atom stereocenters. The quantitative estimate of drug-likeness (QED) is 0.828. The molecule has 0 bridgehead atoms. The summed E-state index contributed by atoms with van der Waals surface area (Å²) in [4.78, 5) is 16.0. The molecule has 3 rings (SSSR count). The molecule has 1 aliphatic carbocycles. The van der Waals surface area contributed by atoms with E-state index in [9.17, 15) is 4.79 Å². The highest BCUT2D eigenvalue weighted by Crippen LogP contribution is 2.36. The first-order chi connectivity index (χ1) is 8.68. The number of hydrogen-bond donors (Lipinski definition) is 1. The number of carbonyl (C=O) groups is 1. The Balaban J connectivity index is 2.37. The fourth-order valence-electron chi connectivity index (χ4n) is 2.70. The highest BCUT2D eigenvalue weighted by atomic mass is 16.1. The Hall–Kier alpha value is -2.16. The topological polar surface area (TPSA) is 56.0 Å². The Kier molecular flexibility index (Phi) is 2.40. The third-order valence-corrected chi connectivity index (χ3v) is 3.54. The van der Waals surface area contributed by atoms with E-state index >= 15 is 0 Å². The maximum absolute atomic E-state index is 11.7. The lowest BCUT2D eigenvalue weighted by Crippen LogP contribution is -2.18. The molecule has 0 spiro atoms. The summed E-state index contributed by atoms with van der Waals surface area (Å²) in [7, 11) is 0. The molecule has 1 aliphatic rings. The zero-order chi connectivity index (χ0) is 12.7. The van der Waals surface area contributed by atoms with Crippen molar-refractivity contribution in [3.05, 3.63) is 52.8 Å². The number of hydrogen-bond acceptors (Lipinski definition) is 2. The number of amides is 1. The third kappa shape index (κ3) is 1.51. The largest absolute Gasteiger partial charge is 0.366 e. The highest BCUT2D eigenvalue weighted by molar-refractivity contribution is 6.02. The number of pyridine rings is 1. The van der Waals surface area contributed by atoms with Crippen molar-refractivity contribution in [3.8, 4) is 11.1 Å². The average molecular weight is 238 g/mol. The molecule has 0 atom stereocenters. The monoisotopic (exact) mass is 238 g/mol. The number of rotatable bonds is 1. The molecule has 1 heterocycles. The van der Waals surface area contributed by atoms with Crippen molar-refractivity contribution in [2.24, 2.45) is 5.73 Å². The predicted octanol–water partition coefficient (Wildman–Crippen LogP) is 2.25. The predicted molar refractivity (Wildman–Crippen MR) is 70.3 cm³/mol. The average Bonchev–Trinajstić information content (AvgIpc) is 2.38. The van der Waals surface area contributed by atoms with Crippen LogP contribution in [0, 0.1) is 6.92 Å². The van der Waals surface area contributed by atoms with Gasteiger partial charge in [-0.3, -0.25) is 9.78 Å². The van der Waals surface area contributed by atoms with E-state index in [-0.39, 0.29) is 0 Å². The minimum Gasteiger partial charge on any atom is -0.366 e. The molecule has 2 N–H and O–H groups in total. The van der Waals surface area contributed by atoms with Crippen LogP contribution in [0.2, 0.25) is 0 Å². The number of carbonyl (C=O) groups excluding carboxylic acids is 1. The summed E-state index contributed by atoms with van der Waals surface area (Å²) in [5.74, 6) is -0.395. The first-order valence-electron chi connectivity index (χ1n) is 6.05. The van der Waals surface area contributed by atoms with Gasteiger partial charge in [-0.15, -0.1) is 0 Å². The van der Waals surface area contributed by atoms with Crippen LogP contribution in [0.4, 0.5) is 0 Å². The molecule has 0 fully saturated rings. The van der Waals surface area contributed by atoms with Crippen molar-refractivity contribution in [1.29, 1.82) is 0 Å². The maximum Gasteiger partial charge on any atom is 0.251 e. The fourth-order valence-corrected chi connectivity index (χ4v) is 2.70. The first-order valence-corrected chi connectivity index (χ1v) is 6.05. The Bertz CT molecular complexity index is 647. The van der Waals surface area contributed by atoms with Crippen LogP contribution in [-0.4, -0.2) is 10.9 Å². The molecule has 18 heavy (non-hydrogen) atoms. The van der Waals surface area contributed by atoms with Crippen LogP contribution in [0.1, 0.15) is 27.2 Å². The molecule has 1 aromatic carbocycles. The van der Waals surface area contributed by atoms with E-state index in [1.807, 2.05) is 25.3 Å².